The van der Waals surface area contributed by atoms with Crippen LogP contribution in [0.15, 0.2) is 46.3 Å². The third-order valence-corrected chi connectivity index (χ3v) is 4.59. The minimum atomic E-state index is -3.75. The van der Waals surface area contributed by atoms with Gasteiger partial charge in [0, 0.05) is 29.3 Å². The minimum Gasteiger partial charge on any atom is -0.290 e. The molecule has 0 saturated carbocycles. The fourth-order valence-corrected chi connectivity index (χ4v) is 3.15. The molecule has 0 radical (unpaired) electrons. The lowest BCUT2D eigenvalue weighted by Crippen LogP contribution is -2.23. The fourth-order valence-electron chi connectivity index (χ4n) is 2.64. The third kappa shape index (κ3) is 3.05. The van der Waals surface area contributed by atoms with Crippen LogP contribution in [0.1, 0.15) is 19.9 Å². The predicted molar refractivity (Wildman–Crippen MR) is 92.7 cm³/mol. The number of rotatable bonds is 3. The standard InChI is InChI=1S/C17H16FN3O3S/c1-10(2)21-14(22)9-8-12-15(11-6-4-5-7-13(11)18)19-17(20-16(12)21)25(3,23)24/h4-10H,1-3H3. The Morgan fingerprint density at radius 3 is 2.36 bits per heavy atom. The van der Waals surface area contributed by atoms with Gasteiger partial charge in [-0.15, -0.1) is 0 Å². The molecule has 0 amide bonds. The number of aromatic nitrogens is 3. The number of sulfone groups is 1. The normalized spacial score (nSPS) is 12.0. The summed E-state index contributed by atoms with van der Waals surface area (Å²) in [6.07, 6.45) is 0.972. The third-order valence-electron chi connectivity index (χ3n) is 3.74. The Morgan fingerprint density at radius 1 is 1.08 bits per heavy atom. The highest BCUT2D eigenvalue weighted by molar-refractivity contribution is 7.90. The molecular formula is C17H16FN3O3S. The summed E-state index contributed by atoms with van der Waals surface area (Å²) in [6.45, 7) is 3.57. The van der Waals surface area contributed by atoms with Gasteiger partial charge in [-0.05, 0) is 32.0 Å². The second-order valence-electron chi connectivity index (χ2n) is 5.98. The molecule has 0 atom stereocenters. The number of pyridine rings is 1. The van der Waals surface area contributed by atoms with Crippen molar-refractivity contribution < 1.29 is 12.8 Å². The molecule has 3 rings (SSSR count). The first kappa shape index (κ1) is 17.2. The molecule has 0 N–H and O–H groups in total. The SMILES string of the molecule is CC(C)n1c(=O)ccc2c(-c3ccccc3F)nc(S(C)(=O)=O)nc21. The molecule has 2 heterocycles. The number of benzene rings is 1. The van der Waals surface area contributed by atoms with Gasteiger partial charge in [0.15, 0.2) is 0 Å². The summed E-state index contributed by atoms with van der Waals surface area (Å²) in [5.74, 6) is -0.538. The Kier molecular flexibility index (Phi) is 4.16. The van der Waals surface area contributed by atoms with Crippen LogP contribution in [-0.2, 0) is 9.84 Å². The van der Waals surface area contributed by atoms with Gasteiger partial charge in [-0.2, -0.15) is 4.98 Å². The maximum absolute atomic E-state index is 14.3. The van der Waals surface area contributed by atoms with E-state index in [1.54, 1.807) is 19.9 Å². The lowest BCUT2D eigenvalue weighted by atomic mass is 10.1. The van der Waals surface area contributed by atoms with E-state index in [1.807, 2.05) is 0 Å². The summed E-state index contributed by atoms with van der Waals surface area (Å²) < 4.78 is 39.7. The van der Waals surface area contributed by atoms with Gasteiger partial charge in [0.1, 0.15) is 11.5 Å². The maximum Gasteiger partial charge on any atom is 0.252 e. The van der Waals surface area contributed by atoms with Gasteiger partial charge in [0.25, 0.3) is 5.56 Å². The van der Waals surface area contributed by atoms with Gasteiger partial charge >= 0.3 is 0 Å². The average molecular weight is 361 g/mol. The first-order valence-corrected chi connectivity index (χ1v) is 9.47. The van der Waals surface area contributed by atoms with Crippen LogP contribution in [0.25, 0.3) is 22.3 Å². The predicted octanol–water partition coefficient (Wildman–Crippen LogP) is 2.58. The Hall–Kier alpha value is -2.61. The van der Waals surface area contributed by atoms with E-state index < -0.39 is 20.8 Å². The number of halogens is 1. The number of fused-ring (bicyclic) bond motifs is 1. The molecule has 0 aliphatic rings. The molecule has 130 valence electrons. The van der Waals surface area contributed by atoms with Crippen molar-refractivity contribution in [3.05, 3.63) is 52.6 Å². The number of hydrogen-bond donors (Lipinski definition) is 0. The zero-order chi connectivity index (χ0) is 18.4. The summed E-state index contributed by atoms with van der Waals surface area (Å²) in [4.78, 5) is 20.4. The van der Waals surface area contributed by atoms with Crippen molar-refractivity contribution in [2.45, 2.75) is 25.0 Å². The smallest absolute Gasteiger partial charge is 0.252 e. The molecule has 0 fully saturated rings. The highest BCUT2D eigenvalue weighted by atomic mass is 32.2. The van der Waals surface area contributed by atoms with E-state index in [-0.39, 0.29) is 28.5 Å². The number of hydrogen-bond acceptors (Lipinski definition) is 5. The summed E-state index contributed by atoms with van der Waals surface area (Å²) in [6, 6.07) is 8.51. The largest absolute Gasteiger partial charge is 0.290 e. The Bertz CT molecular complexity index is 1140. The Balaban J connectivity index is 2.55. The molecular weight excluding hydrogens is 345 g/mol. The molecule has 25 heavy (non-hydrogen) atoms. The molecule has 1 aromatic carbocycles. The van der Waals surface area contributed by atoms with E-state index in [4.69, 9.17) is 0 Å². The van der Waals surface area contributed by atoms with E-state index in [0.717, 1.165) is 6.26 Å². The van der Waals surface area contributed by atoms with Crippen LogP contribution in [0.5, 0.6) is 0 Å². The van der Waals surface area contributed by atoms with Crippen LogP contribution in [0.4, 0.5) is 4.39 Å². The van der Waals surface area contributed by atoms with E-state index in [2.05, 4.69) is 9.97 Å². The molecule has 2 aromatic heterocycles. The van der Waals surface area contributed by atoms with Crippen molar-refractivity contribution in [2.75, 3.05) is 6.26 Å². The van der Waals surface area contributed by atoms with Crippen LogP contribution >= 0.6 is 0 Å². The summed E-state index contributed by atoms with van der Waals surface area (Å²) in [7, 11) is -3.75. The molecule has 0 saturated heterocycles. The minimum absolute atomic E-state index is 0.137. The van der Waals surface area contributed by atoms with E-state index in [1.165, 1.54) is 34.9 Å². The summed E-state index contributed by atoms with van der Waals surface area (Å²) >= 11 is 0. The first-order chi connectivity index (χ1) is 11.7. The summed E-state index contributed by atoms with van der Waals surface area (Å²) in [5, 5.41) is -0.0379. The molecule has 0 unspecified atom stereocenters. The lowest BCUT2D eigenvalue weighted by molar-refractivity contribution is 0.582. The van der Waals surface area contributed by atoms with Crippen molar-refractivity contribution >= 4 is 20.9 Å². The van der Waals surface area contributed by atoms with Gasteiger partial charge in [-0.25, -0.2) is 17.8 Å². The molecule has 6 nitrogen and oxygen atoms in total. The van der Waals surface area contributed by atoms with Crippen LogP contribution in [0, 0.1) is 5.82 Å². The van der Waals surface area contributed by atoms with Gasteiger partial charge in [-0.1, -0.05) is 12.1 Å². The molecule has 3 aromatic rings. The highest BCUT2D eigenvalue weighted by Gasteiger charge is 2.21. The van der Waals surface area contributed by atoms with Crippen molar-refractivity contribution in [3.8, 4) is 11.3 Å². The van der Waals surface area contributed by atoms with E-state index in [9.17, 15) is 17.6 Å². The summed E-state index contributed by atoms with van der Waals surface area (Å²) in [5.41, 5.74) is 0.128. The zero-order valence-electron chi connectivity index (χ0n) is 13.9. The van der Waals surface area contributed by atoms with Gasteiger partial charge in [-0.3, -0.25) is 9.36 Å². The van der Waals surface area contributed by atoms with Crippen LogP contribution in [0.2, 0.25) is 0 Å². The van der Waals surface area contributed by atoms with Crippen molar-refractivity contribution in [2.24, 2.45) is 0 Å². The second-order valence-corrected chi connectivity index (χ2v) is 7.89. The molecule has 0 aliphatic heterocycles. The van der Waals surface area contributed by atoms with E-state index >= 15 is 0 Å². The molecule has 0 bridgehead atoms. The van der Waals surface area contributed by atoms with Gasteiger partial charge in [0.05, 0.1) is 5.69 Å². The Labute approximate surface area is 143 Å². The van der Waals surface area contributed by atoms with E-state index in [0.29, 0.717) is 5.39 Å². The fraction of sp³-hybridized carbons (Fsp3) is 0.235. The monoisotopic (exact) mass is 361 g/mol. The molecule has 8 heteroatoms. The number of nitrogens with zero attached hydrogens (tertiary/aromatic N) is 3. The highest BCUT2D eigenvalue weighted by Crippen LogP contribution is 2.29. The van der Waals surface area contributed by atoms with Gasteiger partial charge < -0.3 is 0 Å². The lowest BCUT2D eigenvalue weighted by Gasteiger charge is -2.15. The van der Waals surface area contributed by atoms with Crippen molar-refractivity contribution in [1.29, 1.82) is 0 Å². The van der Waals surface area contributed by atoms with Gasteiger partial charge in [0.2, 0.25) is 15.0 Å². The topological polar surface area (TPSA) is 81.9 Å². The van der Waals surface area contributed by atoms with Crippen LogP contribution in [-0.4, -0.2) is 29.2 Å². The maximum atomic E-state index is 14.3. The zero-order valence-corrected chi connectivity index (χ0v) is 14.7. The second kappa shape index (κ2) is 6.03. The average Bonchev–Trinajstić information content (AvgIpc) is 2.52. The van der Waals surface area contributed by atoms with Crippen LogP contribution in [0.3, 0.4) is 0 Å². The quantitative estimate of drug-likeness (QED) is 0.670. The Morgan fingerprint density at radius 2 is 1.76 bits per heavy atom. The van der Waals surface area contributed by atoms with Crippen molar-refractivity contribution in [1.82, 2.24) is 14.5 Å². The first-order valence-electron chi connectivity index (χ1n) is 7.58. The van der Waals surface area contributed by atoms with Crippen LogP contribution < -0.4 is 5.56 Å². The van der Waals surface area contributed by atoms with Crippen molar-refractivity contribution in [3.63, 3.8) is 0 Å². The molecule has 0 spiro atoms. The molecule has 0 aliphatic carbocycles.